The van der Waals surface area contributed by atoms with Crippen LogP contribution in [0, 0.1) is 0 Å². The van der Waals surface area contributed by atoms with Crippen LogP contribution in [0.25, 0.3) is 0 Å². The molecule has 0 saturated heterocycles. The average molecular weight is 417 g/mol. The highest BCUT2D eigenvalue weighted by Gasteiger charge is 2.22. The van der Waals surface area contributed by atoms with Crippen molar-refractivity contribution in [3.05, 3.63) is 88.7 Å². The Kier molecular flexibility index (Phi) is 6.18. The molecule has 0 saturated carbocycles. The lowest BCUT2D eigenvalue weighted by atomic mass is 10.0. The van der Waals surface area contributed by atoms with Crippen LogP contribution in [0.5, 0.6) is 0 Å². The molecule has 6 nitrogen and oxygen atoms in total. The molecule has 2 heterocycles. The van der Waals surface area contributed by atoms with Gasteiger partial charge in [-0.2, -0.15) is 0 Å². The van der Waals surface area contributed by atoms with E-state index in [1.54, 1.807) is 6.20 Å². The monoisotopic (exact) mass is 416 g/mol. The van der Waals surface area contributed by atoms with Crippen LogP contribution in [0.1, 0.15) is 58.4 Å². The largest absolute Gasteiger partial charge is 0.478 e. The van der Waals surface area contributed by atoms with Crippen LogP contribution in [0.4, 0.5) is 11.4 Å². The minimum Gasteiger partial charge on any atom is -0.478 e. The summed E-state index contributed by atoms with van der Waals surface area (Å²) >= 11 is 0. The van der Waals surface area contributed by atoms with Crippen LogP contribution < -0.4 is 16.0 Å². The van der Waals surface area contributed by atoms with Crippen LogP contribution in [0.2, 0.25) is 0 Å². The first-order valence-electron chi connectivity index (χ1n) is 10.6. The van der Waals surface area contributed by atoms with Crippen LogP contribution in [0.3, 0.4) is 0 Å². The van der Waals surface area contributed by atoms with Gasteiger partial charge in [0.2, 0.25) is 0 Å². The van der Waals surface area contributed by atoms with Crippen LogP contribution in [0.15, 0.2) is 60.9 Å². The van der Waals surface area contributed by atoms with Crippen molar-refractivity contribution in [3.8, 4) is 0 Å². The highest BCUT2D eigenvalue weighted by molar-refractivity contribution is 5.93. The first kappa shape index (κ1) is 20.9. The number of nitrogens with zero attached hydrogens (tertiary/aromatic N) is 1. The SMILES string of the molecule is CC(C)c1ccc(CNc2ccc3c(c2)CN[C@@H]3CNc2cnccc2C(=O)O)cc1. The van der Waals surface area contributed by atoms with Gasteiger partial charge in [0.25, 0.3) is 0 Å². The summed E-state index contributed by atoms with van der Waals surface area (Å²) in [6.45, 7) is 6.58. The normalized spacial score (nSPS) is 15.0. The molecule has 3 aromatic rings. The second-order valence-corrected chi connectivity index (χ2v) is 8.20. The average Bonchev–Trinajstić information content (AvgIpc) is 3.19. The van der Waals surface area contributed by atoms with E-state index in [9.17, 15) is 9.90 Å². The fraction of sp³-hybridized carbons (Fsp3) is 0.280. The summed E-state index contributed by atoms with van der Waals surface area (Å²) in [6.07, 6.45) is 3.05. The molecule has 160 valence electrons. The lowest BCUT2D eigenvalue weighted by Crippen LogP contribution is -2.22. The van der Waals surface area contributed by atoms with Gasteiger partial charge >= 0.3 is 5.97 Å². The third-order valence-corrected chi connectivity index (χ3v) is 5.75. The molecule has 2 aromatic carbocycles. The van der Waals surface area contributed by atoms with Gasteiger partial charge in [-0.1, -0.05) is 44.2 Å². The number of hydrogen-bond acceptors (Lipinski definition) is 5. The molecule has 0 fully saturated rings. The molecule has 0 radical (unpaired) electrons. The first-order chi connectivity index (χ1) is 15.0. The topological polar surface area (TPSA) is 86.3 Å². The molecule has 31 heavy (non-hydrogen) atoms. The number of pyridine rings is 1. The van der Waals surface area contributed by atoms with Gasteiger partial charge in [-0.3, -0.25) is 4.98 Å². The second kappa shape index (κ2) is 9.18. The Morgan fingerprint density at radius 1 is 1.16 bits per heavy atom. The van der Waals surface area contributed by atoms with Crippen LogP contribution >= 0.6 is 0 Å². The zero-order chi connectivity index (χ0) is 21.8. The number of nitrogens with one attached hydrogen (secondary N) is 3. The minimum absolute atomic E-state index is 0.120. The molecule has 0 unspecified atom stereocenters. The maximum absolute atomic E-state index is 11.4. The Morgan fingerprint density at radius 2 is 1.97 bits per heavy atom. The Hall–Kier alpha value is -3.38. The van der Waals surface area contributed by atoms with E-state index in [2.05, 4.69) is 77.2 Å². The quantitative estimate of drug-likeness (QED) is 0.423. The summed E-state index contributed by atoms with van der Waals surface area (Å²) in [7, 11) is 0. The summed E-state index contributed by atoms with van der Waals surface area (Å²) < 4.78 is 0. The molecule has 1 aromatic heterocycles. The third kappa shape index (κ3) is 4.86. The predicted octanol–water partition coefficient (Wildman–Crippen LogP) is 4.77. The Bertz CT molecular complexity index is 1060. The Morgan fingerprint density at radius 3 is 2.71 bits per heavy atom. The van der Waals surface area contributed by atoms with Crippen molar-refractivity contribution >= 4 is 17.3 Å². The van der Waals surface area contributed by atoms with E-state index in [1.165, 1.54) is 34.5 Å². The molecule has 0 spiro atoms. The van der Waals surface area contributed by atoms with E-state index in [4.69, 9.17) is 0 Å². The first-order valence-corrected chi connectivity index (χ1v) is 10.6. The van der Waals surface area contributed by atoms with Crippen LogP contribution in [-0.2, 0) is 13.1 Å². The molecular weight excluding hydrogens is 388 g/mol. The highest BCUT2D eigenvalue weighted by atomic mass is 16.4. The number of aromatic carboxylic acids is 1. The number of benzene rings is 2. The number of fused-ring (bicyclic) bond motifs is 1. The van der Waals surface area contributed by atoms with Crippen molar-refractivity contribution in [2.24, 2.45) is 0 Å². The maximum Gasteiger partial charge on any atom is 0.337 e. The molecule has 6 heteroatoms. The Labute approximate surface area is 182 Å². The summed E-state index contributed by atoms with van der Waals surface area (Å²) in [5, 5.41) is 19.6. The number of carboxylic acids is 1. The molecule has 1 aliphatic rings. The van der Waals surface area contributed by atoms with E-state index in [-0.39, 0.29) is 11.6 Å². The van der Waals surface area contributed by atoms with E-state index >= 15 is 0 Å². The van der Waals surface area contributed by atoms with Crippen molar-refractivity contribution in [3.63, 3.8) is 0 Å². The number of hydrogen-bond donors (Lipinski definition) is 4. The maximum atomic E-state index is 11.4. The second-order valence-electron chi connectivity index (χ2n) is 8.20. The van der Waals surface area contributed by atoms with Crippen molar-refractivity contribution in [2.75, 3.05) is 17.2 Å². The van der Waals surface area contributed by atoms with E-state index in [0.717, 1.165) is 18.8 Å². The molecule has 0 aliphatic carbocycles. The lowest BCUT2D eigenvalue weighted by molar-refractivity contribution is 0.0697. The lowest BCUT2D eigenvalue weighted by Gasteiger charge is -2.16. The van der Waals surface area contributed by atoms with Gasteiger partial charge in [0.1, 0.15) is 0 Å². The zero-order valence-corrected chi connectivity index (χ0v) is 17.9. The van der Waals surface area contributed by atoms with Crippen LogP contribution in [-0.4, -0.2) is 22.6 Å². The summed E-state index contributed by atoms with van der Waals surface area (Å²) in [4.78, 5) is 15.4. The standard InChI is InChI=1S/C25H28N4O2/c1-16(2)18-5-3-17(4-6-18)12-27-20-7-8-21-19(11-20)13-28-24(21)15-29-23-14-26-10-9-22(23)25(30)31/h3-11,14,16,24,27-29H,12-13,15H2,1-2H3,(H,30,31)/t24-/m1/s1. The summed E-state index contributed by atoms with van der Waals surface area (Å²) in [6, 6.07) is 16.8. The van der Waals surface area contributed by atoms with Gasteiger partial charge in [0.15, 0.2) is 0 Å². The van der Waals surface area contributed by atoms with Gasteiger partial charge in [-0.05, 0) is 46.4 Å². The summed E-state index contributed by atoms with van der Waals surface area (Å²) in [5.74, 6) is -0.415. The number of anilines is 2. The van der Waals surface area contributed by atoms with Crippen molar-refractivity contribution < 1.29 is 9.90 Å². The number of aromatic nitrogens is 1. The third-order valence-electron chi connectivity index (χ3n) is 5.75. The Balaban J connectivity index is 1.37. The molecule has 0 bridgehead atoms. The van der Waals surface area contributed by atoms with Gasteiger partial charge in [0, 0.05) is 31.5 Å². The van der Waals surface area contributed by atoms with Crippen molar-refractivity contribution in [1.29, 1.82) is 0 Å². The van der Waals surface area contributed by atoms with E-state index in [0.29, 0.717) is 18.2 Å². The van der Waals surface area contributed by atoms with Gasteiger partial charge < -0.3 is 21.1 Å². The highest BCUT2D eigenvalue weighted by Crippen LogP contribution is 2.29. The number of carboxylic acid groups (broad SMARTS) is 1. The van der Waals surface area contributed by atoms with Gasteiger partial charge in [-0.25, -0.2) is 4.79 Å². The molecule has 1 atom stereocenters. The van der Waals surface area contributed by atoms with E-state index < -0.39 is 5.97 Å². The zero-order valence-electron chi connectivity index (χ0n) is 17.9. The molecule has 4 N–H and O–H groups in total. The minimum atomic E-state index is -0.959. The van der Waals surface area contributed by atoms with Gasteiger partial charge in [0.05, 0.1) is 23.5 Å². The molecule has 0 amide bonds. The fourth-order valence-electron chi connectivity index (χ4n) is 3.89. The smallest absolute Gasteiger partial charge is 0.337 e. The predicted molar refractivity (Wildman–Crippen MR) is 124 cm³/mol. The van der Waals surface area contributed by atoms with Crippen molar-refractivity contribution in [2.45, 2.75) is 38.9 Å². The van der Waals surface area contributed by atoms with Gasteiger partial charge in [-0.15, -0.1) is 0 Å². The van der Waals surface area contributed by atoms with Crippen molar-refractivity contribution in [1.82, 2.24) is 10.3 Å². The number of rotatable bonds is 8. The molecule has 1 aliphatic heterocycles. The molecule has 4 rings (SSSR count). The summed E-state index contributed by atoms with van der Waals surface area (Å²) in [5.41, 5.74) is 6.98. The number of carbonyl (C=O) groups is 1. The van der Waals surface area contributed by atoms with E-state index in [1.807, 2.05) is 0 Å². The molecular formula is C25H28N4O2. The fourth-order valence-corrected chi connectivity index (χ4v) is 3.89.